The van der Waals surface area contributed by atoms with Gasteiger partial charge in [-0.1, -0.05) is 32.9 Å². The summed E-state index contributed by atoms with van der Waals surface area (Å²) in [6.07, 6.45) is 0. The van der Waals surface area contributed by atoms with Crippen LogP contribution in [0.2, 0.25) is 0 Å². The molecular formula is C13H14FN5. The van der Waals surface area contributed by atoms with Crippen LogP contribution in [0.5, 0.6) is 0 Å². The number of benzene rings is 1. The SMILES string of the molecule is CC(C)(C)c1nnnn1Cc1cccc(C#N)c1F. The van der Waals surface area contributed by atoms with Crippen molar-refractivity contribution in [3.63, 3.8) is 0 Å². The number of hydrogen-bond donors (Lipinski definition) is 0. The van der Waals surface area contributed by atoms with Crippen molar-refractivity contribution in [1.82, 2.24) is 20.2 Å². The lowest BCUT2D eigenvalue weighted by Gasteiger charge is -2.17. The van der Waals surface area contributed by atoms with Crippen LogP contribution in [-0.2, 0) is 12.0 Å². The Morgan fingerprint density at radius 3 is 2.74 bits per heavy atom. The van der Waals surface area contributed by atoms with Gasteiger partial charge in [-0.05, 0) is 16.5 Å². The van der Waals surface area contributed by atoms with E-state index in [0.29, 0.717) is 11.4 Å². The average molecular weight is 259 g/mol. The minimum absolute atomic E-state index is 0.0304. The van der Waals surface area contributed by atoms with Crippen molar-refractivity contribution in [3.05, 3.63) is 41.0 Å². The van der Waals surface area contributed by atoms with E-state index >= 15 is 0 Å². The quantitative estimate of drug-likeness (QED) is 0.827. The lowest BCUT2D eigenvalue weighted by atomic mass is 9.96. The summed E-state index contributed by atoms with van der Waals surface area (Å²) in [5, 5.41) is 20.3. The maximum atomic E-state index is 14.0. The third-order valence-corrected chi connectivity index (χ3v) is 2.72. The van der Waals surface area contributed by atoms with Crippen LogP contribution in [0.3, 0.4) is 0 Å². The van der Waals surface area contributed by atoms with Crippen molar-refractivity contribution in [2.24, 2.45) is 0 Å². The van der Waals surface area contributed by atoms with E-state index in [4.69, 9.17) is 5.26 Å². The monoisotopic (exact) mass is 259 g/mol. The molecule has 2 aromatic rings. The van der Waals surface area contributed by atoms with Gasteiger partial charge in [0.2, 0.25) is 0 Å². The van der Waals surface area contributed by atoms with Crippen molar-refractivity contribution in [2.45, 2.75) is 32.7 Å². The van der Waals surface area contributed by atoms with Gasteiger partial charge in [-0.15, -0.1) is 5.10 Å². The normalized spacial score (nSPS) is 11.3. The zero-order chi connectivity index (χ0) is 14.0. The van der Waals surface area contributed by atoms with Crippen LogP contribution in [-0.4, -0.2) is 20.2 Å². The zero-order valence-corrected chi connectivity index (χ0v) is 11.1. The molecule has 0 saturated carbocycles. The summed E-state index contributed by atoms with van der Waals surface area (Å²) in [6.45, 7) is 6.16. The van der Waals surface area contributed by atoms with Gasteiger partial charge in [0.15, 0.2) is 5.82 Å². The van der Waals surface area contributed by atoms with Gasteiger partial charge in [0.1, 0.15) is 11.9 Å². The van der Waals surface area contributed by atoms with Gasteiger partial charge in [-0.25, -0.2) is 9.07 Å². The van der Waals surface area contributed by atoms with Crippen molar-refractivity contribution >= 4 is 0 Å². The molecule has 0 aliphatic heterocycles. The molecule has 98 valence electrons. The third-order valence-electron chi connectivity index (χ3n) is 2.72. The summed E-state index contributed by atoms with van der Waals surface area (Å²) >= 11 is 0. The molecule has 0 amide bonds. The Morgan fingerprint density at radius 1 is 1.37 bits per heavy atom. The molecule has 0 radical (unpaired) electrons. The largest absolute Gasteiger partial charge is 0.225 e. The fourth-order valence-corrected chi connectivity index (χ4v) is 1.80. The molecule has 0 aliphatic rings. The molecule has 0 fully saturated rings. The van der Waals surface area contributed by atoms with Crippen LogP contribution < -0.4 is 0 Å². The first kappa shape index (κ1) is 13.1. The van der Waals surface area contributed by atoms with Crippen LogP contribution >= 0.6 is 0 Å². The van der Waals surface area contributed by atoms with Crippen LogP contribution in [0.15, 0.2) is 18.2 Å². The van der Waals surface area contributed by atoms with Gasteiger partial charge in [0.05, 0.1) is 12.1 Å². The summed E-state index contributed by atoms with van der Waals surface area (Å²) in [7, 11) is 0. The molecule has 0 N–H and O–H groups in total. The van der Waals surface area contributed by atoms with Gasteiger partial charge < -0.3 is 0 Å². The van der Waals surface area contributed by atoms with Gasteiger partial charge >= 0.3 is 0 Å². The van der Waals surface area contributed by atoms with Gasteiger partial charge in [-0.2, -0.15) is 5.26 Å². The van der Waals surface area contributed by atoms with Gasteiger partial charge in [0, 0.05) is 11.0 Å². The van der Waals surface area contributed by atoms with E-state index in [-0.39, 0.29) is 17.5 Å². The average Bonchev–Trinajstić information content (AvgIpc) is 2.80. The number of aromatic nitrogens is 4. The van der Waals surface area contributed by atoms with Crippen LogP contribution in [0.1, 0.15) is 37.7 Å². The number of nitrogens with zero attached hydrogens (tertiary/aromatic N) is 5. The highest BCUT2D eigenvalue weighted by Crippen LogP contribution is 2.20. The van der Waals surface area contributed by atoms with Crippen molar-refractivity contribution < 1.29 is 4.39 Å². The summed E-state index contributed by atoms with van der Waals surface area (Å²) in [5.74, 6) is 0.162. The van der Waals surface area contributed by atoms with Crippen LogP contribution in [0, 0.1) is 17.1 Å². The molecule has 0 unspecified atom stereocenters. The molecule has 0 bridgehead atoms. The predicted molar refractivity (Wildman–Crippen MR) is 66.7 cm³/mol. The molecule has 0 atom stereocenters. The molecule has 0 spiro atoms. The first-order valence-corrected chi connectivity index (χ1v) is 5.87. The second kappa shape index (κ2) is 4.76. The summed E-state index contributed by atoms with van der Waals surface area (Å²) in [5.41, 5.74) is 0.201. The molecule has 0 aliphatic carbocycles. The second-order valence-corrected chi connectivity index (χ2v) is 5.30. The molecule has 2 rings (SSSR count). The number of tetrazole rings is 1. The Labute approximate surface area is 110 Å². The Hall–Kier alpha value is -2.29. The number of halogens is 1. The van der Waals surface area contributed by atoms with Crippen LogP contribution in [0.25, 0.3) is 0 Å². The highest BCUT2D eigenvalue weighted by atomic mass is 19.1. The fourth-order valence-electron chi connectivity index (χ4n) is 1.80. The topological polar surface area (TPSA) is 67.4 Å². The van der Waals surface area contributed by atoms with Gasteiger partial charge in [0.25, 0.3) is 0 Å². The van der Waals surface area contributed by atoms with E-state index in [0.717, 1.165) is 0 Å². The third kappa shape index (κ3) is 2.60. The first-order valence-electron chi connectivity index (χ1n) is 5.87. The fraction of sp³-hybridized carbons (Fsp3) is 0.385. The van der Waals surface area contributed by atoms with E-state index < -0.39 is 5.82 Å². The number of rotatable bonds is 2. The second-order valence-electron chi connectivity index (χ2n) is 5.30. The maximum absolute atomic E-state index is 14.0. The molecule has 1 aromatic heterocycles. The molecule has 5 nitrogen and oxygen atoms in total. The Kier molecular flexibility index (Phi) is 3.30. The van der Waals surface area contributed by atoms with Crippen molar-refractivity contribution in [1.29, 1.82) is 5.26 Å². The Morgan fingerprint density at radius 2 is 2.11 bits per heavy atom. The van der Waals surface area contributed by atoms with E-state index in [1.807, 2.05) is 26.8 Å². The Bertz CT molecular complexity index is 633. The summed E-state index contributed by atoms with van der Waals surface area (Å²) in [6, 6.07) is 6.55. The van der Waals surface area contributed by atoms with E-state index in [1.165, 1.54) is 6.07 Å². The molecule has 6 heteroatoms. The van der Waals surface area contributed by atoms with Crippen molar-refractivity contribution in [3.8, 4) is 6.07 Å². The number of nitriles is 1. The molecule has 1 aromatic carbocycles. The minimum Gasteiger partial charge on any atom is -0.225 e. The first-order chi connectivity index (χ1) is 8.93. The number of hydrogen-bond acceptors (Lipinski definition) is 4. The van der Waals surface area contributed by atoms with Crippen LogP contribution in [0.4, 0.5) is 4.39 Å². The van der Waals surface area contributed by atoms with E-state index in [9.17, 15) is 4.39 Å². The molecule has 0 saturated heterocycles. The highest BCUT2D eigenvalue weighted by molar-refractivity contribution is 5.35. The maximum Gasteiger partial charge on any atom is 0.156 e. The molecular weight excluding hydrogens is 245 g/mol. The summed E-state index contributed by atoms with van der Waals surface area (Å²) < 4.78 is 15.5. The standard InChI is InChI=1S/C13H14FN5/c1-13(2,3)12-16-17-18-19(12)8-10-6-4-5-9(7-15)11(10)14/h4-6H,8H2,1-3H3. The van der Waals surface area contributed by atoms with E-state index in [2.05, 4.69) is 15.5 Å². The molecule has 19 heavy (non-hydrogen) atoms. The predicted octanol–water partition coefficient (Wildman–Crippen LogP) is 2.03. The highest BCUT2D eigenvalue weighted by Gasteiger charge is 2.22. The molecule has 1 heterocycles. The Balaban J connectivity index is 2.38. The van der Waals surface area contributed by atoms with Gasteiger partial charge in [-0.3, -0.25) is 0 Å². The van der Waals surface area contributed by atoms with Crippen molar-refractivity contribution in [2.75, 3.05) is 0 Å². The lowest BCUT2D eigenvalue weighted by molar-refractivity contribution is 0.483. The smallest absolute Gasteiger partial charge is 0.156 e. The van der Waals surface area contributed by atoms with E-state index in [1.54, 1.807) is 16.8 Å². The minimum atomic E-state index is -0.514. The zero-order valence-electron chi connectivity index (χ0n) is 11.1. The lowest BCUT2D eigenvalue weighted by Crippen LogP contribution is -2.20. The summed E-state index contributed by atoms with van der Waals surface area (Å²) in [4.78, 5) is 0.